The summed E-state index contributed by atoms with van der Waals surface area (Å²) in [4.78, 5) is 30.9. The number of aromatic nitrogens is 2. The zero-order chi connectivity index (χ0) is 23.8. The number of aryl methyl sites for hydroxylation is 1. The number of hydrogen-bond acceptors (Lipinski definition) is 5. The zero-order valence-electron chi connectivity index (χ0n) is 18.3. The first-order valence-corrected chi connectivity index (χ1v) is 9.86. The first kappa shape index (κ1) is 23.3. The summed E-state index contributed by atoms with van der Waals surface area (Å²) in [5.41, 5.74) is -2.07. The lowest BCUT2D eigenvalue weighted by molar-refractivity contribution is -0.138. The van der Waals surface area contributed by atoms with Gasteiger partial charge in [-0.25, -0.2) is 9.78 Å². The highest BCUT2D eigenvalue weighted by molar-refractivity contribution is 5.89. The second kappa shape index (κ2) is 8.29. The smallest absolute Gasteiger partial charge is 0.416 e. The fourth-order valence-corrected chi connectivity index (χ4v) is 3.18. The third-order valence-electron chi connectivity index (χ3n) is 4.54. The largest absolute Gasteiger partial charge is 0.486 e. The number of esters is 1. The highest BCUT2D eigenvalue weighted by Gasteiger charge is 2.36. The van der Waals surface area contributed by atoms with Gasteiger partial charge in [0.1, 0.15) is 23.3 Å². The molecular weight excluding hydrogens is 425 g/mol. The van der Waals surface area contributed by atoms with Gasteiger partial charge in [0.15, 0.2) is 0 Å². The van der Waals surface area contributed by atoms with Crippen molar-refractivity contribution >= 4 is 16.9 Å². The molecule has 0 saturated heterocycles. The molecule has 0 aliphatic rings. The topological polar surface area (TPSA) is 81.3 Å². The molecule has 0 unspecified atom stereocenters. The SMILES string of the molecule is Cc1nc2cc(C(F)(F)F)c([C@@H](C)Oc3ccc(C(=O)OC(C)(C)C)cc3)cc2c(=O)[nH]1. The Balaban J connectivity index is 1.93. The summed E-state index contributed by atoms with van der Waals surface area (Å²) in [5, 5.41) is 0.0364. The van der Waals surface area contributed by atoms with Crippen molar-refractivity contribution in [2.24, 2.45) is 0 Å². The average Bonchev–Trinajstić information content (AvgIpc) is 2.65. The third kappa shape index (κ3) is 5.27. The number of benzene rings is 2. The Labute approximate surface area is 182 Å². The summed E-state index contributed by atoms with van der Waals surface area (Å²) >= 11 is 0. The van der Waals surface area contributed by atoms with Crippen LogP contribution in [0.1, 0.15) is 61.1 Å². The predicted molar refractivity (Wildman–Crippen MR) is 113 cm³/mol. The number of nitrogens with one attached hydrogen (secondary N) is 1. The molecule has 32 heavy (non-hydrogen) atoms. The molecule has 3 aromatic rings. The first-order chi connectivity index (χ1) is 14.7. The van der Waals surface area contributed by atoms with Gasteiger partial charge in [-0.2, -0.15) is 13.2 Å². The number of H-pyrrole nitrogens is 1. The molecule has 2 aromatic carbocycles. The van der Waals surface area contributed by atoms with E-state index in [0.29, 0.717) is 0 Å². The average molecular weight is 448 g/mol. The molecule has 1 aromatic heterocycles. The molecule has 170 valence electrons. The van der Waals surface area contributed by atoms with Crippen LogP contribution in [-0.2, 0) is 10.9 Å². The van der Waals surface area contributed by atoms with Crippen molar-refractivity contribution in [2.75, 3.05) is 0 Å². The van der Waals surface area contributed by atoms with Crippen LogP contribution in [0, 0.1) is 6.92 Å². The van der Waals surface area contributed by atoms with Crippen molar-refractivity contribution in [2.45, 2.75) is 52.5 Å². The minimum Gasteiger partial charge on any atom is -0.486 e. The third-order valence-corrected chi connectivity index (χ3v) is 4.54. The van der Waals surface area contributed by atoms with E-state index in [2.05, 4.69) is 9.97 Å². The molecule has 0 bridgehead atoms. The van der Waals surface area contributed by atoms with Crippen molar-refractivity contribution in [3.8, 4) is 5.75 Å². The number of aromatic amines is 1. The Kier molecular flexibility index (Phi) is 6.04. The monoisotopic (exact) mass is 448 g/mol. The molecule has 6 nitrogen and oxygen atoms in total. The van der Waals surface area contributed by atoms with Crippen LogP contribution < -0.4 is 10.3 Å². The Bertz CT molecular complexity index is 1210. The van der Waals surface area contributed by atoms with Crippen molar-refractivity contribution in [1.29, 1.82) is 0 Å². The lowest BCUT2D eigenvalue weighted by atomic mass is 9.99. The molecule has 0 aliphatic carbocycles. The van der Waals surface area contributed by atoms with Crippen LogP contribution in [0.4, 0.5) is 13.2 Å². The lowest BCUT2D eigenvalue weighted by Crippen LogP contribution is -2.23. The van der Waals surface area contributed by atoms with Crippen LogP contribution in [0.5, 0.6) is 5.75 Å². The summed E-state index contributed by atoms with van der Waals surface area (Å²) in [6.45, 7) is 8.18. The van der Waals surface area contributed by atoms with Crippen molar-refractivity contribution in [1.82, 2.24) is 9.97 Å². The predicted octanol–water partition coefficient (Wildman–Crippen LogP) is 5.35. The molecule has 0 aliphatic heterocycles. The van der Waals surface area contributed by atoms with Gasteiger partial charge in [0.05, 0.1) is 22.0 Å². The second-order valence-corrected chi connectivity index (χ2v) is 8.39. The molecule has 9 heteroatoms. The minimum atomic E-state index is -4.67. The van der Waals surface area contributed by atoms with Crippen LogP contribution >= 0.6 is 0 Å². The minimum absolute atomic E-state index is 0.0364. The van der Waals surface area contributed by atoms with Crippen LogP contribution in [0.25, 0.3) is 10.9 Å². The molecule has 0 spiro atoms. The van der Waals surface area contributed by atoms with Crippen LogP contribution in [0.2, 0.25) is 0 Å². The highest BCUT2D eigenvalue weighted by atomic mass is 19.4. The molecule has 0 radical (unpaired) electrons. The Hall–Kier alpha value is -3.36. The molecule has 3 rings (SSSR count). The molecule has 1 atom stereocenters. The number of hydrogen-bond donors (Lipinski definition) is 1. The van der Waals surface area contributed by atoms with Gasteiger partial charge in [0.2, 0.25) is 0 Å². The number of rotatable bonds is 4. The fraction of sp³-hybridized carbons (Fsp3) is 0.348. The van der Waals surface area contributed by atoms with Crippen molar-refractivity contribution in [3.05, 3.63) is 69.3 Å². The van der Waals surface area contributed by atoms with Crippen molar-refractivity contribution in [3.63, 3.8) is 0 Å². The standard InChI is InChI=1S/C23H23F3N2O4/c1-12(31-15-8-6-14(7-9-15)21(30)32-22(3,4)5)16-10-17-19(11-18(16)23(24,25)26)27-13(2)28-20(17)29/h6-12H,1-5H3,(H,27,28,29)/t12-/m1/s1. The van der Waals surface area contributed by atoms with Gasteiger partial charge in [0.25, 0.3) is 5.56 Å². The van der Waals surface area contributed by atoms with Gasteiger partial charge in [-0.3, -0.25) is 4.79 Å². The van der Waals surface area contributed by atoms with E-state index >= 15 is 0 Å². The van der Waals surface area contributed by atoms with Gasteiger partial charge in [-0.15, -0.1) is 0 Å². The molecule has 1 heterocycles. The van der Waals surface area contributed by atoms with Crippen LogP contribution in [0.3, 0.4) is 0 Å². The van der Waals surface area contributed by atoms with Gasteiger partial charge >= 0.3 is 12.1 Å². The zero-order valence-corrected chi connectivity index (χ0v) is 18.3. The number of halogens is 3. The maximum atomic E-state index is 13.7. The van der Waals surface area contributed by atoms with E-state index in [1.807, 2.05) is 0 Å². The number of fused-ring (bicyclic) bond motifs is 1. The Morgan fingerprint density at radius 3 is 2.28 bits per heavy atom. The van der Waals surface area contributed by atoms with E-state index < -0.39 is 35.0 Å². The van der Waals surface area contributed by atoms with E-state index in [4.69, 9.17) is 9.47 Å². The van der Waals surface area contributed by atoms with Crippen molar-refractivity contribution < 1.29 is 27.4 Å². The Morgan fingerprint density at radius 2 is 1.72 bits per heavy atom. The lowest BCUT2D eigenvalue weighted by Gasteiger charge is -2.21. The maximum Gasteiger partial charge on any atom is 0.416 e. The number of nitrogens with zero attached hydrogens (tertiary/aromatic N) is 1. The van der Waals surface area contributed by atoms with E-state index in [1.165, 1.54) is 38.1 Å². The number of carbonyl (C=O) groups is 1. The molecular formula is C23H23F3N2O4. The molecule has 0 saturated carbocycles. The van der Waals surface area contributed by atoms with Gasteiger partial charge < -0.3 is 14.5 Å². The molecule has 0 fully saturated rings. The Morgan fingerprint density at radius 1 is 1.09 bits per heavy atom. The summed E-state index contributed by atoms with van der Waals surface area (Å²) in [6.07, 6.45) is -5.70. The van der Waals surface area contributed by atoms with Gasteiger partial charge in [0, 0.05) is 5.56 Å². The summed E-state index contributed by atoms with van der Waals surface area (Å²) in [7, 11) is 0. The van der Waals surface area contributed by atoms with Gasteiger partial charge in [-0.05, 0) is 71.0 Å². The fourth-order valence-electron chi connectivity index (χ4n) is 3.18. The number of ether oxygens (including phenoxy) is 2. The van der Waals surface area contributed by atoms with E-state index in [9.17, 15) is 22.8 Å². The first-order valence-electron chi connectivity index (χ1n) is 9.86. The quantitative estimate of drug-likeness (QED) is 0.545. The second-order valence-electron chi connectivity index (χ2n) is 8.39. The van der Waals surface area contributed by atoms with E-state index in [0.717, 1.165) is 12.1 Å². The van der Waals surface area contributed by atoms with Crippen LogP contribution in [0.15, 0.2) is 41.2 Å². The van der Waals surface area contributed by atoms with Crippen LogP contribution in [-0.4, -0.2) is 21.5 Å². The summed E-state index contributed by atoms with van der Waals surface area (Å²) in [6, 6.07) is 7.91. The normalized spacial score (nSPS) is 13.1. The summed E-state index contributed by atoms with van der Waals surface area (Å²) in [5.74, 6) is -0.0419. The summed E-state index contributed by atoms with van der Waals surface area (Å²) < 4.78 is 52.2. The molecule has 1 N–H and O–H groups in total. The molecule has 0 amide bonds. The highest BCUT2D eigenvalue weighted by Crippen LogP contribution is 2.37. The number of alkyl halides is 3. The van der Waals surface area contributed by atoms with E-state index in [-0.39, 0.29) is 33.6 Å². The number of carbonyl (C=O) groups excluding carboxylic acids is 1. The maximum absolute atomic E-state index is 13.7. The van der Waals surface area contributed by atoms with Gasteiger partial charge in [-0.1, -0.05) is 0 Å². The van der Waals surface area contributed by atoms with E-state index in [1.54, 1.807) is 20.8 Å².